The number of carbonyl (C=O) groups excluding carboxylic acids is 1. The molecule has 2 heteroatoms. The number of benzene rings is 1. The van der Waals surface area contributed by atoms with E-state index in [0.29, 0.717) is 10.8 Å². The first-order chi connectivity index (χ1) is 9.84. The Balaban J connectivity index is 2.12. The summed E-state index contributed by atoms with van der Waals surface area (Å²) < 4.78 is 0. The van der Waals surface area contributed by atoms with Crippen LogP contribution in [0.2, 0.25) is 13.1 Å². The Hall–Kier alpha value is -0.893. The third-order valence-electron chi connectivity index (χ3n) is 6.76. The Morgan fingerprint density at radius 1 is 1.24 bits per heavy atom. The van der Waals surface area contributed by atoms with Crippen LogP contribution in [0.15, 0.2) is 18.2 Å². The highest BCUT2D eigenvalue weighted by atomic mass is 28.3. The molecule has 0 amide bonds. The maximum absolute atomic E-state index is 11.3. The zero-order valence-electron chi connectivity index (χ0n) is 14.0. The number of carbonyl (C=O) groups is 1. The number of hydrogen-bond donors (Lipinski definition) is 0. The summed E-state index contributed by atoms with van der Waals surface area (Å²) in [6, 6.07) is 6.71. The molecular weight excluding hydrogens is 272 g/mol. The van der Waals surface area contributed by atoms with Crippen molar-refractivity contribution < 1.29 is 4.79 Å². The zero-order chi connectivity index (χ0) is 15.4. The Kier molecular flexibility index (Phi) is 3.44. The van der Waals surface area contributed by atoms with Crippen LogP contribution in [-0.4, -0.2) is 15.1 Å². The number of fused-ring (bicyclic) bond motifs is 2. The minimum absolute atomic E-state index is 0.337. The summed E-state index contributed by atoms with van der Waals surface area (Å²) in [7, 11) is -0.608. The van der Waals surface area contributed by atoms with Crippen molar-refractivity contribution in [2.24, 2.45) is 17.3 Å². The molecule has 3 aliphatic carbocycles. The van der Waals surface area contributed by atoms with E-state index >= 15 is 0 Å². The quantitative estimate of drug-likeness (QED) is 0.604. The molecule has 0 heterocycles. The maximum atomic E-state index is 11.3. The van der Waals surface area contributed by atoms with E-state index in [4.69, 9.17) is 0 Å². The first-order valence-corrected chi connectivity index (χ1v) is 10.7. The lowest BCUT2D eigenvalue weighted by atomic mass is 9.35. The van der Waals surface area contributed by atoms with E-state index in [2.05, 4.69) is 52.1 Å². The minimum atomic E-state index is -0.608. The molecule has 1 aromatic carbocycles. The molecule has 1 nitrogen and oxygen atoms in total. The van der Waals surface area contributed by atoms with Crippen LogP contribution in [0, 0.1) is 17.3 Å². The fourth-order valence-corrected chi connectivity index (χ4v) is 6.44. The van der Waals surface area contributed by atoms with Gasteiger partial charge in [0.1, 0.15) is 6.29 Å². The molecule has 3 saturated carbocycles. The van der Waals surface area contributed by atoms with E-state index in [-0.39, 0.29) is 0 Å². The monoisotopic (exact) mass is 299 g/mol. The Morgan fingerprint density at radius 3 is 2.48 bits per heavy atom. The van der Waals surface area contributed by atoms with Gasteiger partial charge in [0.2, 0.25) is 0 Å². The van der Waals surface area contributed by atoms with Gasteiger partial charge in [-0.15, -0.1) is 0 Å². The van der Waals surface area contributed by atoms with E-state index in [0.717, 1.165) is 23.7 Å². The molecule has 0 aromatic heterocycles. The highest BCUT2D eigenvalue weighted by Gasteiger charge is 2.64. The van der Waals surface area contributed by atoms with Crippen LogP contribution >= 0.6 is 0 Å². The van der Waals surface area contributed by atoms with Crippen LogP contribution in [0.1, 0.15) is 56.0 Å². The van der Waals surface area contributed by atoms with Crippen LogP contribution in [0.5, 0.6) is 0 Å². The van der Waals surface area contributed by atoms with Gasteiger partial charge in [0.25, 0.3) is 0 Å². The van der Waals surface area contributed by atoms with Gasteiger partial charge in [0.15, 0.2) is 0 Å². The zero-order valence-corrected chi connectivity index (χ0v) is 15.0. The molecule has 1 radical (unpaired) electrons. The van der Waals surface area contributed by atoms with Crippen LogP contribution < -0.4 is 5.19 Å². The van der Waals surface area contributed by atoms with Gasteiger partial charge in [0, 0.05) is 11.0 Å². The fourth-order valence-electron chi connectivity index (χ4n) is 5.28. The molecule has 0 spiro atoms. The molecule has 21 heavy (non-hydrogen) atoms. The van der Waals surface area contributed by atoms with Crippen LogP contribution in [0.3, 0.4) is 0 Å². The van der Waals surface area contributed by atoms with Gasteiger partial charge in [-0.2, -0.15) is 0 Å². The molecule has 3 atom stereocenters. The van der Waals surface area contributed by atoms with Crippen LogP contribution in [0.25, 0.3) is 0 Å². The summed E-state index contributed by atoms with van der Waals surface area (Å²) in [4.78, 5) is 11.3. The van der Waals surface area contributed by atoms with E-state index in [1.54, 1.807) is 0 Å². The summed E-state index contributed by atoms with van der Waals surface area (Å²) >= 11 is 0. The highest BCUT2D eigenvalue weighted by Crippen LogP contribution is 2.70. The molecule has 113 valence electrons. The van der Waals surface area contributed by atoms with Gasteiger partial charge in [-0.1, -0.05) is 57.3 Å². The third kappa shape index (κ3) is 1.84. The maximum Gasteiger partial charge on any atom is 0.149 e. The lowest BCUT2D eigenvalue weighted by molar-refractivity contribution is -0.133. The summed E-state index contributed by atoms with van der Waals surface area (Å²) in [5.41, 5.74) is 3.15. The van der Waals surface area contributed by atoms with Gasteiger partial charge in [-0.05, 0) is 42.1 Å². The molecule has 4 rings (SSSR count). The largest absolute Gasteiger partial charge is 0.298 e. The van der Waals surface area contributed by atoms with Gasteiger partial charge in [-0.25, -0.2) is 0 Å². The molecule has 0 saturated heterocycles. The van der Waals surface area contributed by atoms with Crippen molar-refractivity contribution in [3.8, 4) is 0 Å². The van der Waals surface area contributed by atoms with Gasteiger partial charge >= 0.3 is 0 Å². The molecular formula is C19H27OSi. The van der Waals surface area contributed by atoms with Gasteiger partial charge in [-0.3, -0.25) is 4.79 Å². The SMILES string of the molecule is CC1CCC2CC1(c1ccc(C=O)c([Si](C)C)c1)C2(C)C. The Morgan fingerprint density at radius 2 is 1.95 bits per heavy atom. The first kappa shape index (κ1) is 15.0. The Labute approximate surface area is 130 Å². The summed E-state index contributed by atoms with van der Waals surface area (Å²) in [6.45, 7) is 11.9. The van der Waals surface area contributed by atoms with E-state index < -0.39 is 8.80 Å². The lowest BCUT2D eigenvalue weighted by Gasteiger charge is -2.69. The number of aldehydes is 1. The predicted octanol–water partition coefficient (Wildman–Crippen LogP) is 4.17. The molecule has 0 aliphatic heterocycles. The predicted molar refractivity (Wildman–Crippen MR) is 90.9 cm³/mol. The summed E-state index contributed by atoms with van der Waals surface area (Å²) in [5, 5.41) is 1.32. The van der Waals surface area contributed by atoms with Gasteiger partial charge < -0.3 is 0 Å². The third-order valence-corrected chi connectivity index (χ3v) is 8.27. The van der Waals surface area contributed by atoms with Crippen molar-refractivity contribution in [1.29, 1.82) is 0 Å². The van der Waals surface area contributed by atoms with Crippen molar-refractivity contribution in [3.05, 3.63) is 29.3 Å². The minimum Gasteiger partial charge on any atom is -0.298 e. The van der Waals surface area contributed by atoms with E-state index in [9.17, 15) is 4.79 Å². The summed E-state index contributed by atoms with van der Waals surface area (Å²) in [5.74, 6) is 1.63. The van der Waals surface area contributed by atoms with Crippen molar-refractivity contribution >= 4 is 20.3 Å². The number of rotatable bonds is 3. The molecule has 0 N–H and O–H groups in total. The average molecular weight is 300 g/mol. The van der Waals surface area contributed by atoms with E-state index in [1.807, 2.05) is 0 Å². The normalized spacial score (nSPS) is 33.6. The van der Waals surface area contributed by atoms with Gasteiger partial charge in [0.05, 0.1) is 8.80 Å². The van der Waals surface area contributed by atoms with Crippen molar-refractivity contribution in [3.63, 3.8) is 0 Å². The Bertz CT molecular complexity index is 575. The molecule has 3 aliphatic rings. The van der Waals surface area contributed by atoms with E-state index in [1.165, 1.54) is 30.0 Å². The standard InChI is InChI=1S/C19H27OSi/c1-13-6-8-16-11-19(13,18(16,2)3)15-9-7-14(12-20)17(10-15)21(4)5/h7,9-10,12-13,16H,6,8,11H2,1-5H3. The molecule has 3 fully saturated rings. The first-order valence-electron chi connectivity index (χ1n) is 8.25. The second kappa shape index (κ2) is 4.81. The molecule has 2 bridgehead atoms. The molecule has 3 unspecified atom stereocenters. The molecule has 1 aromatic rings. The topological polar surface area (TPSA) is 17.1 Å². The second-order valence-corrected chi connectivity index (χ2v) is 10.5. The van der Waals surface area contributed by atoms with Crippen LogP contribution in [-0.2, 0) is 5.41 Å². The second-order valence-electron chi connectivity index (χ2n) is 7.99. The lowest BCUT2D eigenvalue weighted by Crippen LogP contribution is -2.64. The van der Waals surface area contributed by atoms with Crippen molar-refractivity contribution in [2.45, 2.75) is 58.5 Å². The fraction of sp³-hybridized carbons (Fsp3) is 0.632. The van der Waals surface area contributed by atoms with Crippen LogP contribution in [0.4, 0.5) is 0 Å². The van der Waals surface area contributed by atoms with Crippen molar-refractivity contribution in [2.75, 3.05) is 0 Å². The highest BCUT2D eigenvalue weighted by molar-refractivity contribution is 6.71. The van der Waals surface area contributed by atoms with Crippen molar-refractivity contribution in [1.82, 2.24) is 0 Å². The summed E-state index contributed by atoms with van der Waals surface area (Å²) in [6.07, 6.45) is 5.13. The average Bonchev–Trinajstić information content (AvgIpc) is 2.46. The smallest absolute Gasteiger partial charge is 0.149 e. The number of hydrogen-bond acceptors (Lipinski definition) is 1.